The van der Waals surface area contributed by atoms with E-state index in [0.717, 1.165) is 104 Å². The molecule has 1 atom stereocenters. The number of aliphatic hydroxyl groups excluding tert-OH is 1. The van der Waals surface area contributed by atoms with Gasteiger partial charge in [-0.15, -0.1) is 0 Å². The quantitative estimate of drug-likeness (QED) is 0.0462. The number of carbonyl (C=O) groups excluding carboxylic acids is 2. The number of nitrogens with zero attached hydrogens (tertiary/aromatic N) is 7. The molecule has 2 amide bonds. The molecule has 2 aromatic heterocycles. The SMILES string of the molecule is CC(C)(C)CC(=O)N1CCC(O)C1.O=CNc1nccc2cc(CS)ccc12.[CH-]=C(N=[N-])C1CCC(CN2CCC(c3ccc4c(c3)-n3c(nc(=O)c5c(Cl)cccc53)C4(C)C)CC2)CC1.[Na+]. The number of halogens is 1. The van der Waals surface area contributed by atoms with Crippen molar-refractivity contribution in [3.63, 3.8) is 0 Å². The van der Waals surface area contributed by atoms with E-state index in [-0.39, 0.29) is 63.9 Å². The molecule has 12 nitrogen and oxygen atoms in total. The third-order valence-electron chi connectivity index (χ3n) is 13.7. The average molecular weight is 955 g/mol. The number of amides is 2. The smallest absolute Gasteiger partial charge is 0.710 e. The van der Waals surface area contributed by atoms with Crippen molar-refractivity contribution >= 4 is 64.0 Å². The van der Waals surface area contributed by atoms with Crippen LogP contribution < -0.4 is 40.4 Å². The number of thiol groups is 1. The molecule has 2 saturated heterocycles. The number of piperidine rings is 1. The van der Waals surface area contributed by atoms with Gasteiger partial charge in [-0.2, -0.15) is 23.3 Å². The van der Waals surface area contributed by atoms with Gasteiger partial charge in [0.25, 0.3) is 5.56 Å². The first-order valence-corrected chi connectivity index (χ1v) is 24.2. The summed E-state index contributed by atoms with van der Waals surface area (Å²) >= 11 is 10.7. The van der Waals surface area contributed by atoms with E-state index in [4.69, 9.17) is 23.7 Å². The number of rotatable bonds is 9. The number of β-amino-alcohol motifs (C(OH)–C–C–N with tert-alkyl or cyclic N) is 1. The Morgan fingerprint density at radius 1 is 1.03 bits per heavy atom. The van der Waals surface area contributed by atoms with Crippen LogP contribution in [0, 0.1) is 23.8 Å². The molecule has 1 aliphatic carbocycles. The molecule has 5 aromatic rings. The summed E-state index contributed by atoms with van der Waals surface area (Å²) in [5.41, 5.74) is 14.4. The molecule has 4 aliphatic rings. The normalized spacial score (nSPS) is 20.1. The Labute approximate surface area is 427 Å². The summed E-state index contributed by atoms with van der Waals surface area (Å²) < 4.78 is 2.15. The van der Waals surface area contributed by atoms with E-state index in [0.29, 0.717) is 58.9 Å². The minimum Gasteiger partial charge on any atom is -0.710 e. The molecule has 350 valence electrons. The van der Waals surface area contributed by atoms with Gasteiger partial charge in [0, 0.05) is 43.4 Å². The summed E-state index contributed by atoms with van der Waals surface area (Å²) in [7, 11) is 0. The van der Waals surface area contributed by atoms with Gasteiger partial charge in [-0.25, -0.2) is 4.98 Å². The van der Waals surface area contributed by atoms with Crippen LogP contribution in [0.5, 0.6) is 0 Å². The second-order valence-electron chi connectivity index (χ2n) is 20.1. The van der Waals surface area contributed by atoms with Crippen LogP contribution in [0.25, 0.3) is 32.9 Å². The maximum atomic E-state index is 12.9. The van der Waals surface area contributed by atoms with Crippen LogP contribution in [0.1, 0.15) is 114 Å². The second kappa shape index (κ2) is 22.6. The standard InChI is InChI=1S/C31H34ClN5O.C11H10N2OS.C10H19NO2.Na/c1-19(35-33)21-9-7-20(8-10-21)18-36-15-13-22(14-16-36)23-11-12-24-27(17-23)37-26-6-4-5-25(32)28(26)29(38)34-30(37)31(24,2)3;14-7-13-11-10-2-1-8(6-15)5-9(10)3-4-12-11;1-10(2,3)6-9(13)11-5-4-8(12)7-11;/h1,4-6,11-12,17,20-22H,7-10,13-16,18H2,2-3H3;1-5,7,15H,6H2,(H,12,13,14);8,12H,4-7H2,1-3H3;/q-2;;;+1. The fraction of sp³-hybridized carbons (Fsp3) is 0.481. The number of allylic oxidation sites excluding steroid dienone is 1. The molecule has 3 aromatic carbocycles. The molecular formula is C52H63ClN8NaO4S-. The number of hydrogen-bond donors (Lipinski definition) is 3. The molecule has 67 heavy (non-hydrogen) atoms. The zero-order chi connectivity index (χ0) is 47.3. The third-order valence-corrected chi connectivity index (χ3v) is 14.4. The van der Waals surface area contributed by atoms with Crippen LogP contribution in [0.15, 0.2) is 82.5 Å². The van der Waals surface area contributed by atoms with E-state index in [2.05, 4.69) is 95.3 Å². The molecule has 0 bridgehead atoms. The number of benzene rings is 3. The first kappa shape index (κ1) is 52.4. The van der Waals surface area contributed by atoms with Gasteiger partial charge in [-0.3, -0.25) is 19.0 Å². The molecule has 0 spiro atoms. The van der Waals surface area contributed by atoms with Crippen LogP contribution in [0.2, 0.25) is 5.02 Å². The molecule has 9 rings (SSSR count). The maximum Gasteiger partial charge on any atom is 1.00 e. The van der Waals surface area contributed by atoms with Gasteiger partial charge in [-0.1, -0.05) is 68.8 Å². The Bertz CT molecular complexity index is 2650. The van der Waals surface area contributed by atoms with Crippen molar-refractivity contribution in [2.75, 3.05) is 38.0 Å². The molecule has 2 N–H and O–H groups in total. The predicted molar refractivity (Wildman–Crippen MR) is 267 cm³/mol. The first-order valence-electron chi connectivity index (χ1n) is 23.2. The van der Waals surface area contributed by atoms with Gasteiger partial charge < -0.3 is 37.4 Å². The molecule has 3 aliphatic heterocycles. The largest absolute Gasteiger partial charge is 1.00 e. The monoisotopic (exact) mass is 953 g/mol. The number of aromatic nitrogens is 3. The molecule has 1 unspecified atom stereocenters. The molecule has 15 heteroatoms. The van der Waals surface area contributed by atoms with Crippen LogP contribution in [0.3, 0.4) is 0 Å². The fourth-order valence-electron chi connectivity index (χ4n) is 10.1. The van der Waals surface area contributed by atoms with Gasteiger partial charge in [-0.05, 0) is 141 Å². The Morgan fingerprint density at radius 2 is 1.76 bits per heavy atom. The van der Waals surface area contributed by atoms with Crippen LogP contribution >= 0.6 is 24.2 Å². The van der Waals surface area contributed by atoms with Gasteiger partial charge in [0.1, 0.15) is 11.6 Å². The Hall–Kier alpha value is -3.95. The fourth-order valence-corrected chi connectivity index (χ4v) is 10.5. The predicted octanol–water partition coefficient (Wildman–Crippen LogP) is 7.26. The van der Waals surface area contributed by atoms with E-state index in [1.807, 2.05) is 36.4 Å². The van der Waals surface area contributed by atoms with Crippen molar-refractivity contribution in [2.45, 2.75) is 109 Å². The number of likely N-dealkylation sites (tertiary alicyclic amines) is 2. The van der Waals surface area contributed by atoms with E-state index in [1.54, 1.807) is 17.2 Å². The topological polar surface area (TPSA) is 155 Å². The van der Waals surface area contributed by atoms with E-state index >= 15 is 0 Å². The molecule has 1 saturated carbocycles. The Morgan fingerprint density at radius 3 is 2.40 bits per heavy atom. The van der Waals surface area contributed by atoms with E-state index < -0.39 is 0 Å². The average Bonchev–Trinajstić information content (AvgIpc) is 3.84. The van der Waals surface area contributed by atoms with E-state index in [9.17, 15) is 19.5 Å². The summed E-state index contributed by atoms with van der Waals surface area (Å²) in [5, 5.41) is 18.0. The first-order chi connectivity index (χ1) is 31.5. The number of nitrogens with one attached hydrogen (secondary N) is 1. The van der Waals surface area contributed by atoms with Crippen molar-refractivity contribution < 1.29 is 44.3 Å². The summed E-state index contributed by atoms with van der Waals surface area (Å²) in [6.07, 6.45) is 9.93. The van der Waals surface area contributed by atoms with Crippen molar-refractivity contribution in [1.29, 1.82) is 0 Å². The summed E-state index contributed by atoms with van der Waals surface area (Å²) in [6.45, 7) is 20.9. The van der Waals surface area contributed by atoms with Crippen LogP contribution in [0.4, 0.5) is 5.82 Å². The summed E-state index contributed by atoms with van der Waals surface area (Å²) in [6, 6.07) is 20.4. The molecule has 5 heterocycles. The second-order valence-corrected chi connectivity index (χ2v) is 20.8. The minimum absolute atomic E-state index is 0. The van der Waals surface area contributed by atoms with Crippen molar-refractivity contribution in [3.8, 4) is 5.69 Å². The Kier molecular flexibility index (Phi) is 17.7. The Balaban J connectivity index is 0.000000209. The third kappa shape index (κ3) is 12.3. The van der Waals surface area contributed by atoms with Crippen molar-refractivity contribution in [2.24, 2.45) is 22.4 Å². The van der Waals surface area contributed by atoms with Gasteiger partial charge in [0.2, 0.25) is 12.3 Å². The van der Waals surface area contributed by atoms with Crippen LogP contribution in [-0.2, 0) is 20.8 Å². The van der Waals surface area contributed by atoms with E-state index in [1.165, 1.54) is 11.1 Å². The minimum atomic E-state index is -0.362. The number of carbonyl (C=O) groups is 2. The molecular weight excluding hydrogens is 891 g/mol. The number of aliphatic hydroxyl groups is 1. The van der Waals surface area contributed by atoms with Gasteiger partial charge >= 0.3 is 29.6 Å². The number of fused-ring (bicyclic) bond motifs is 6. The van der Waals surface area contributed by atoms with Gasteiger partial charge in [0.15, 0.2) is 0 Å². The molecule has 3 fully saturated rings. The zero-order valence-electron chi connectivity index (χ0n) is 39.8. The summed E-state index contributed by atoms with van der Waals surface area (Å²) in [5.74, 6) is 3.69. The molecule has 0 radical (unpaired) electrons. The summed E-state index contributed by atoms with van der Waals surface area (Å²) in [4.78, 5) is 47.9. The van der Waals surface area contributed by atoms with Crippen molar-refractivity contribution in [3.05, 3.63) is 123 Å². The number of pyridine rings is 1. The zero-order valence-corrected chi connectivity index (χ0v) is 43.5. The van der Waals surface area contributed by atoms with Gasteiger partial charge in [0.05, 0.1) is 33.1 Å². The maximum absolute atomic E-state index is 12.9. The number of anilines is 1. The number of hydrogen-bond acceptors (Lipinski definition) is 9. The van der Waals surface area contributed by atoms with Crippen LogP contribution in [-0.4, -0.2) is 80.6 Å². The van der Waals surface area contributed by atoms with Crippen molar-refractivity contribution in [1.82, 2.24) is 24.3 Å².